The number of sulfone groups is 1. The maximum absolute atomic E-state index is 14.0. The number of fused-ring (bicyclic) bond motifs is 2. The van der Waals surface area contributed by atoms with Crippen molar-refractivity contribution in [3.63, 3.8) is 0 Å². The summed E-state index contributed by atoms with van der Waals surface area (Å²) in [6.45, 7) is -0.923. The van der Waals surface area contributed by atoms with Gasteiger partial charge in [0.05, 0.1) is 11.4 Å². The molecule has 2 aliphatic heterocycles. The minimum absolute atomic E-state index is 0.00603. The zero-order chi connectivity index (χ0) is 25.3. The quantitative estimate of drug-likeness (QED) is 0.330. The standard InChI is InChI=1S/C23H26F4N4O3S/c24-12-15-3-5-29-23(30-15)35(33,34)6-4-22(32)31-16-1-2-17(31)8-14(7-16)21(28)10-13-9-19(26)20(27)11-18(13)25/h3,5,9,11,14,16-17,21H,1-2,4,6-8,10,12,28H2/t14?,16-,17?,21+/m0/s1. The second-order valence-corrected chi connectivity index (χ2v) is 11.2. The highest BCUT2D eigenvalue weighted by Crippen LogP contribution is 2.40. The van der Waals surface area contributed by atoms with E-state index < -0.39 is 50.9 Å². The number of nitrogens with two attached hydrogens (primary N) is 1. The Morgan fingerprint density at radius 2 is 1.77 bits per heavy atom. The lowest BCUT2D eigenvalue weighted by atomic mass is 9.82. The summed E-state index contributed by atoms with van der Waals surface area (Å²) in [4.78, 5) is 22.1. The summed E-state index contributed by atoms with van der Waals surface area (Å²) in [5.74, 6) is -4.09. The molecule has 2 aromatic rings. The number of carbonyl (C=O) groups excluding carboxylic acids is 1. The van der Waals surface area contributed by atoms with E-state index in [1.54, 1.807) is 4.90 Å². The molecule has 35 heavy (non-hydrogen) atoms. The van der Waals surface area contributed by atoms with Crippen LogP contribution in [0, 0.1) is 23.4 Å². The first kappa shape index (κ1) is 25.5. The fourth-order valence-electron chi connectivity index (χ4n) is 5.16. The molecule has 0 saturated carbocycles. The van der Waals surface area contributed by atoms with Crippen LogP contribution in [-0.4, -0.2) is 53.1 Å². The Kier molecular flexibility index (Phi) is 7.41. The van der Waals surface area contributed by atoms with Crippen molar-refractivity contribution in [1.82, 2.24) is 14.9 Å². The van der Waals surface area contributed by atoms with E-state index in [-0.39, 0.29) is 48.0 Å². The number of benzene rings is 1. The molecule has 12 heteroatoms. The van der Waals surface area contributed by atoms with E-state index in [4.69, 9.17) is 5.73 Å². The van der Waals surface area contributed by atoms with Crippen LogP contribution in [0.25, 0.3) is 0 Å². The van der Waals surface area contributed by atoms with Crippen LogP contribution >= 0.6 is 0 Å². The fraction of sp³-hybridized carbons (Fsp3) is 0.522. The van der Waals surface area contributed by atoms with E-state index >= 15 is 0 Å². The molecule has 0 aliphatic carbocycles. The van der Waals surface area contributed by atoms with Gasteiger partial charge in [0, 0.05) is 36.8 Å². The van der Waals surface area contributed by atoms with Gasteiger partial charge in [-0.3, -0.25) is 4.79 Å². The van der Waals surface area contributed by atoms with Crippen molar-refractivity contribution < 1.29 is 30.8 Å². The van der Waals surface area contributed by atoms with Crippen LogP contribution in [0.4, 0.5) is 17.6 Å². The van der Waals surface area contributed by atoms with Crippen LogP contribution in [0.3, 0.4) is 0 Å². The van der Waals surface area contributed by atoms with Crippen molar-refractivity contribution in [3.8, 4) is 0 Å². The first-order valence-corrected chi connectivity index (χ1v) is 13.0. The molecule has 1 aromatic heterocycles. The van der Waals surface area contributed by atoms with Gasteiger partial charge in [0.25, 0.3) is 0 Å². The molecule has 2 N–H and O–H groups in total. The van der Waals surface area contributed by atoms with Gasteiger partial charge in [0.15, 0.2) is 11.6 Å². The largest absolute Gasteiger partial charge is 0.337 e. The van der Waals surface area contributed by atoms with E-state index in [0.717, 1.165) is 25.1 Å². The van der Waals surface area contributed by atoms with Gasteiger partial charge in [0.1, 0.15) is 12.5 Å². The van der Waals surface area contributed by atoms with Crippen LogP contribution in [0.2, 0.25) is 0 Å². The Bertz CT molecular complexity index is 1200. The van der Waals surface area contributed by atoms with E-state index in [0.29, 0.717) is 18.9 Å². The molecular formula is C23H26F4N4O3S. The Morgan fingerprint density at radius 3 is 2.43 bits per heavy atom. The van der Waals surface area contributed by atoms with Crippen molar-refractivity contribution >= 4 is 15.7 Å². The average Bonchev–Trinajstić information content (AvgIpc) is 3.10. The highest BCUT2D eigenvalue weighted by molar-refractivity contribution is 7.91. The molecule has 2 saturated heterocycles. The fourth-order valence-corrected chi connectivity index (χ4v) is 6.26. The van der Waals surface area contributed by atoms with Crippen LogP contribution < -0.4 is 5.73 Å². The zero-order valence-electron chi connectivity index (χ0n) is 18.8. The number of hydrogen-bond acceptors (Lipinski definition) is 6. The number of nitrogens with zero attached hydrogens (tertiary/aromatic N) is 3. The Morgan fingerprint density at radius 1 is 1.11 bits per heavy atom. The number of piperidine rings is 1. The maximum atomic E-state index is 14.0. The number of carbonyl (C=O) groups is 1. The number of alkyl halides is 1. The minimum atomic E-state index is -3.96. The van der Waals surface area contributed by atoms with Gasteiger partial charge in [-0.15, -0.1) is 0 Å². The zero-order valence-corrected chi connectivity index (χ0v) is 19.7. The normalized spacial score (nSPS) is 22.9. The Labute approximate surface area is 200 Å². The molecule has 2 fully saturated rings. The van der Waals surface area contributed by atoms with E-state index in [9.17, 15) is 30.8 Å². The molecular weight excluding hydrogens is 488 g/mol. The Hall–Kier alpha value is -2.60. The van der Waals surface area contributed by atoms with Crippen LogP contribution in [0.1, 0.15) is 43.4 Å². The number of hydrogen-bond donors (Lipinski definition) is 1. The lowest BCUT2D eigenvalue weighted by Crippen LogP contribution is -2.50. The van der Waals surface area contributed by atoms with Gasteiger partial charge in [-0.2, -0.15) is 0 Å². The highest BCUT2D eigenvalue weighted by Gasteiger charge is 2.44. The van der Waals surface area contributed by atoms with Crippen molar-refractivity contribution in [2.75, 3.05) is 5.75 Å². The molecule has 0 radical (unpaired) electrons. The highest BCUT2D eigenvalue weighted by atomic mass is 32.2. The first-order chi connectivity index (χ1) is 16.6. The number of halogens is 4. The van der Waals surface area contributed by atoms with Crippen LogP contribution in [0.15, 0.2) is 29.6 Å². The number of aromatic nitrogens is 2. The maximum Gasteiger partial charge on any atom is 0.247 e. The van der Waals surface area contributed by atoms with Crippen LogP contribution in [0.5, 0.6) is 0 Å². The molecule has 2 unspecified atom stereocenters. The number of amides is 1. The van der Waals surface area contributed by atoms with Crippen molar-refractivity contribution in [3.05, 3.63) is 53.1 Å². The average molecular weight is 515 g/mol. The molecule has 190 valence electrons. The summed E-state index contributed by atoms with van der Waals surface area (Å²) >= 11 is 0. The predicted molar refractivity (Wildman–Crippen MR) is 118 cm³/mol. The second-order valence-electron chi connectivity index (χ2n) is 9.18. The van der Waals surface area contributed by atoms with E-state index in [1.807, 2.05) is 0 Å². The summed E-state index contributed by atoms with van der Waals surface area (Å²) in [5, 5.41) is -0.502. The summed E-state index contributed by atoms with van der Waals surface area (Å²) < 4.78 is 78.7. The smallest absolute Gasteiger partial charge is 0.247 e. The molecule has 2 bridgehead atoms. The molecule has 4 atom stereocenters. The summed E-state index contributed by atoms with van der Waals surface area (Å²) in [5.41, 5.74) is 6.26. The minimum Gasteiger partial charge on any atom is -0.337 e. The van der Waals surface area contributed by atoms with Gasteiger partial charge in [-0.05, 0) is 55.7 Å². The van der Waals surface area contributed by atoms with Crippen molar-refractivity contribution in [2.45, 2.75) is 68.5 Å². The molecule has 1 amide bonds. The summed E-state index contributed by atoms with van der Waals surface area (Å²) in [6, 6.07) is 1.86. The first-order valence-electron chi connectivity index (χ1n) is 11.4. The molecule has 4 rings (SSSR count). The molecule has 2 aliphatic rings. The summed E-state index contributed by atoms with van der Waals surface area (Å²) in [7, 11) is -3.96. The van der Waals surface area contributed by atoms with Gasteiger partial charge in [-0.1, -0.05) is 0 Å². The van der Waals surface area contributed by atoms with Crippen LogP contribution in [-0.2, 0) is 27.7 Å². The summed E-state index contributed by atoms with van der Waals surface area (Å²) in [6.07, 6.45) is 3.55. The molecule has 3 heterocycles. The SMILES string of the molecule is N[C@H](Cc1cc(F)c(F)cc1F)C1CC2CC[C@@H](C1)N2C(=O)CCS(=O)(=O)c1nccc(CF)n1. The van der Waals surface area contributed by atoms with Gasteiger partial charge in [-0.25, -0.2) is 35.9 Å². The molecule has 7 nitrogen and oxygen atoms in total. The Balaban J connectivity index is 1.37. The lowest BCUT2D eigenvalue weighted by molar-refractivity contribution is -0.136. The van der Waals surface area contributed by atoms with Crippen molar-refractivity contribution in [2.24, 2.45) is 11.7 Å². The van der Waals surface area contributed by atoms with Crippen molar-refractivity contribution in [1.29, 1.82) is 0 Å². The number of rotatable bonds is 8. The molecule has 0 spiro atoms. The third-order valence-electron chi connectivity index (χ3n) is 6.90. The predicted octanol–water partition coefficient (Wildman–Crippen LogP) is 2.87. The van der Waals surface area contributed by atoms with E-state index in [2.05, 4.69) is 9.97 Å². The van der Waals surface area contributed by atoms with E-state index in [1.165, 1.54) is 6.07 Å². The third kappa shape index (κ3) is 5.48. The lowest BCUT2D eigenvalue weighted by Gasteiger charge is -2.41. The monoisotopic (exact) mass is 514 g/mol. The van der Waals surface area contributed by atoms with Gasteiger partial charge >= 0.3 is 0 Å². The second kappa shape index (κ2) is 10.2. The third-order valence-corrected chi connectivity index (χ3v) is 8.39. The topological polar surface area (TPSA) is 106 Å². The molecule has 1 aromatic carbocycles. The van der Waals surface area contributed by atoms with Gasteiger partial charge < -0.3 is 10.6 Å². The van der Waals surface area contributed by atoms with Gasteiger partial charge in [0.2, 0.25) is 20.9 Å².